The second kappa shape index (κ2) is 6.36. The van der Waals surface area contributed by atoms with Gasteiger partial charge in [0.1, 0.15) is 7.14 Å². The van der Waals surface area contributed by atoms with Gasteiger partial charge in [-0.15, -0.1) is 0 Å². The molecule has 1 heterocycles. The molecule has 6 heteroatoms. The van der Waals surface area contributed by atoms with Crippen LogP contribution in [0.5, 0.6) is 0 Å². The number of hydrogen-bond donors (Lipinski definition) is 2. The molecule has 0 bridgehead atoms. The van der Waals surface area contributed by atoms with E-state index in [1.165, 1.54) is 0 Å². The van der Waals surface area contributed by atoms with Crippen molar-refractivity contribution in [1.82, 2.24) is 0 Å². The topological polar surface area (TPSA) is 74.6 Å². The molecule has 0 aromatic heterocycles. The Hall–Kier alpha value is -0.400. The van der Waals surface area contributed by atoms with Crippen LogP contribution in [0.3, 0.4) is 0 Å². The Labute approximate surface area is 95.6 Å². The third-order valence-corrected chi connectivity index (χ3v) is 5.83. The summed E-state index contributed by atoms with van der Waals surface area (Å²) in [5, 5.41) is 1.09. The SMILES string of the molecule is O=P1(c2ccccc2)CCCC1.O=[PH](O)O. The van der Waals surface area contributed by atoms with Crippen LogP contribution >= 0.6 is 15.4 Å². The van der Waals surface area contributed by atoms with Crippen molar-refractivity contribution in [3.63, 3.8) is 0 Å². The first-order valence-corrected chi connectivity index (χ1v) is 8.48. The lowest BCUT2D eigenvalue weighted by molar-refractivity contribution is 0.405. The summed E-state index contributed by atoms with van der Waals surface area (Å²) >= 11 is 0. The van der Waals surface area contributed by atoms with Gasteiger partial charge < -0.3 is 14.4 Å². The van der Waals surface area contributed by atoms with E-state index in [-0.39, 0.29) is 0 Å². The zero-order chi connectivity index (χ0) is 12.0. The molecule has 1 fully saturated rings. The van der Waals surface area contributed by atoms with Crippen molar-refractivity contribution in [2.45, 2.75) is 12.8 Å². The van der Waals surface area contributed by atoms with Gasteiger partial charge in [0, 0.05) is 17.6 Å². The van der Waals surface area contributed by atoms with Crippen molar-refractivity contribution in [2.24, 2.45) is 0 Å². The molecule has 0 spiro atoms. The summed E-state index contributed by atoms with van der Waals surface area (Å²) in [5.74, 6) is 0. The highest BCUT2D eigenvalue weighted by molar-refractivity contribution is 7.71. The molecule has 1 aromatic carbocycles. The fraction of sp³-hybridized carbons (Fsp3) is 0.400. The lowest BCUT2D eigenvalue weighted by atomic mass is 10.4. The molecule has 2 N–H and O–H groups in total. The van der Waals surface area contributed by atoms with Gasteiger partial charge in [-0.05, 0) is 12.8 Å². The Morgan fingerprint density at radius 1 is 1.06 bits per heavy atom. The summed E-state index contributed by atoms with van der Waals surface area (Å²) in [6, 6.07) is 9.95. The van der Waals surface area contributed by atoms with Crippen molar-refractivity contribution in [2.75, 3.05) is 12.3 Å². The molecular formula is C10H16O4P2. The second-order valence-electron chi connectivity index (χ2n) is 3.66. The lowest BCUT2D eigenvalue weighted by Gasteiger charge is -2.09. The maximum absolute atomic E-state index is 12.2. The maximum atomic E-state index is 12.2. The summed E-state index contributed by atoms with van der Waals surface area (Å²) in [4.78, 5) is 14.3. The fourth-order valence-electron chi connectivity index (χ4n) is 1.80. The van der Waals surface area contributed by atoms with Gasteiger partial charge in [0.15, 0.2) is 0 Å². The van der Waals surface area contributed by atoms with Crippen LogP contribution in [-0.4, -0.2) is 22.1 Å². The van der Waals surface area contributed by atoms with Crippen LogP contribution in [0, 0.1) is 0 Å². The van der Waals surface area contributed by atoms with Gasteiger partial charge >= 0.3 is 8.25 Å². The monoisotopic (exact) mass is 262 g/mol. The predicted molar refractivity (Wildman–Crippen MR) is 66.1 cm³/mol. The van der Waals surface area contributed by atoms with Crippen LogP contribution in [0.4, 0.5) is 0 Å². The van der Waals surface area contributed by atoms with Gasteiger partial charge in [-0.1, -0.05) is 30.3 Å². The van der Waals surface area contributed by atoms with E-state index in [4.69, 9.17) is 14.4 Å². The Morgan fingerprint density at radius 3 is 1.94 bits per heavy atom. The maximum Gasteiger partial charge on any atom is 0.314 e. The minimum Gasteiger partial charge on any atom is -0.326 e. The first kappa shape index (κ1) is 13.7. The van der Waals surface area contributed by atoms with Crippen molar-refractivity contribution < 1.29 is 18.9 Å². The molecule has 0 radical (unpaired) electrons. The Morgan fingerprint density at radius 2 is 1.50 bits per heavy atom. The molecule has 1 aromatic rings. The summed E-state index contributed by atoms with van der Waals surface area (Å²) in [5.41, 5.74) is 0. The standard InChI is InChI=1S/C10H13OP.H3O3P/c11-12(8-4-5-9-12)10-6-2-1-3-7-10;1-4(2)3/h1-3,6-7H,4-5,8-9H2;4H,(H2,1,2,3). The van der Waals surface area contributed by atoms with E-state index in [9.17, 15) is 4.57 Å². The van der Waals surface area contributed by atoms with Crippen molar-refractivity contribution >= 4 is 20.7 Å². The number of rotatable bonds is 1. The normalized spacial score (nSPS) is 17.9. The van der Waals surface area contributed by atoms with E-state index in [0.717, 1.165) is 30.5 Å². The minimum atomic E-state index is -3.13. The Kier molecular flexibility index (Phi) is 5.43. The zero-order valence-corrected chi connectivity index (χ0v) is 10.8. The second-order valence-corrected chi connectivity index (χ2v) is 7.42. The molecule has 0 atom stereocenters. The molecule has 16 heavy (non-hydrogen) atoms. The largest absolute Gasteiger partial charge is 0.326 e. The van der Waals surface area contributed by atoms with Gasteiger partial charge in [-0.3, -0.25) is 4.57 Å². The Balaban J connectivity index is 0.000000280. The summed E-state index contributed by atoms with van der Waals surface area (Å²) in [6.45, 7) is 0. The average Bonchev–Trinajstić information content (AvgIpc) is 2.67. The number of hydrogen-bond acceptors (Lipinski definition) is 2. The van der Waals surface area contributed by atoms with Gasteiger partial charge in [0.05, 0.1) is 0 Å². The van der Waals surface area contributed by atoms with Crippen LogP contribution in [0.25, 0.3) is 0 Å². The summed E-state index contributed by atoms with van der Waals surface area (Å²) in [6.07, 6.45) is 4.15. The van der Waals surface area contributed by atoms with Crippen molar-refractivity contribution in [1.29, 1.82) is 0 Å². The quantitative estimate of drug-likeness (QED) is 0.757. The minimum absolute atomic E-state index is 0.928. The van der Waals surface area contributed by atoms with Crippen molar-refractivity contribution in [3.8, 4) is 0 Å². The molecule has 1 aliphatic rings. The van der Waals surface area contributed by atoms with Gasteiger partial charge in [0.2, 0.25) is 0 Å². The first-order chi connectivity index (χ1) is 7.54. The van der Waals surface area contributed by atoms with Gasteiger partial charge in [0.25, 0.3) is 0 Å². The molecule has 0 unspecified atom stereocenters. The highest BCUT2D eigenvalue weighted by Crippen LogP contribution is 2.50. The summed E-state index contributed by atoms with van der Waals surface area (Å²) in [7, 11) is -5.05. The molecule has 4 nitrogen and oxygen atoms in total. The van der Waals surface area contributed by atoms with Crippen molar-refractivity contribution in [3.05, 3.63) is 30.3 Å². The zero-order valence-electron chi connectivity index (χ0n) is 8.87. The molecular weight excluding hydrogens is 246 g/mol. The van der Waals surface area contributed by atoms with E-state index in [1.807, 2.05) is 30.3 Å². The van der Waals surface area contributed by atoms with Gasteiger partial charge in [-0.2, -0.15) is 0 Å². The molecule has 90 valence electrons. The van der Waals surface area contributed by atoms with Crippen LogP contribution in [-0.2, 0) is 9.13 Å². The van der Waals surface area contributed by atoms with E-state index in [0.29, 0.717) is 0 Å². The van der Waals surface area contributed by atoms with E-state index < -0.39 is 15.4 Å². The van der Waals surface area contributed by atoms with Crippen LogP contribution in [0.15, 0.2) is 30.3 Å². The van der Waals surface area contributed by atoms with E-state index >= 15 is 0 Å². The summed E-state index contributed by atoms with van der Waals surface area (Å²) < 4.78 is 21.0. The molecule has 2 rings (SSSR count). The highest BCUT2D eigenvalue weighted by atomic mass is 31.2. The molecule has 1 saturated heterocycles. The molecule has 0 aliphatic carbocycles. The molecule has 0 saturated carbocycles. The van der Waals surface area contributed by atoms with Crippen LogP contribution in [0.2, 0.25) is 0 Å². The first-order valence-electron chi connectivity index (χ1n) is 5.10. The molecule has 0 amide bonds. The van der Waals surface area contributed by atoms with Crippen LogP contribution in [0.1, 0.15) is 12.8 Å². The van der Waals surface area contributed by atoms with Crippen LogP contribution < -0.4 is 5.30 Å². The third-order valence-electron chi connectivity index (χ3n) is 2.52. The van der Waals surface area contributed by atoms with E-state index in [2.05, 4.69) is 0 Å². The van der Waals surface area contributed by atoms with E-state index in [1.54, 1.807) is 0 Å². The number of benzene rings is 1. The Bertz CT molecular complexity index is 377. The fourth-order valence-corrected chi connectivity index (χ4v) is 4.73. The predicted octanol–water partition coefficient (Wildman–Crippen LogP) is 1.83. The van der Waals surface area contributed by atoms with Gasteiger partial charge in [-0.25, -0.2) is 0 Å². The lowest BCUT2D eigenvalue weighted by Crippen LogP contribution is -2.04. The highest BCUT2D eigenvalue weighted by Gasteiger charge is 2.28. The average molecular weight is 262 g/mol. The molecule has 1 aliphatic heterocycles. The third kappa shape index (κ3) is 4.23. The smallest absolute Gasteiger partial charge is 0.314 e.